The number of ether oxygens (including phenoxy) is 1. The van der Waals surface area contributed by atoms with Gasteiger partial charge in [0, 0.05) is 37.1 Å². The van der Waals surface area contributed by atoms with E-state index in [9.17, 15) is 9.18 Å². The molecule has 0 aliphatic rings. The molecule has 112 valence electrons. The zero-order chi connectivity index (χ0) is 15.0. The van der Waals surface area contributed by atoms with Crippen molar-refractivity contribution in [1.29, 1.82) is 0 Å². The van der Waals surface area contributed by atoms with Gasteiger partial charge >= 0.3 is 0 Å². The number of halogens is 2. The summed E-state index contributed by atoms with van der Waals surface area (Å²) in [6, 6.07) is 4.63. The van der Waals surface area contributed by atoms with Crippen molar-refractivity contribution in [3.63, 3.8) is 0 Å². The third-order valence-corrected chi connectivity index (χ3v) is 3.55. The summed E-state index contributed by atoms with van der Waals surface area (Å²) in [7, 11) is 1.59. The smallest absolute Gasteiger partial charge is 0.221 e. The molecule has 6 heteroatoms. The molecule has 2 N–H and O–H groups in total. The van der Waals surface area contributed by atoms with Crippen molar-refractivity contribution in [1.82, 2.24) is 10.6 Å². The first-order chi connectivity index (χ1) is 9.54. The summed E-state index contributed by atoms with van der Waals surface area (Å²) < 4.78 is 18.6. The molecule has 0 fully saturated rings. The van der Waals surface area contributed by atoms with Crippen LogP contribution in [0.15, 0.2) is 22.7 Å². The van der Waals surface area contributed by atoms with Gasteiger partial charge in [0.1, 0.15) is 5.82 Å². The maximum Gasteiger partial charge on any atom is 0.221 e. The number of hydrogen-bond donors (Lipinski definition) is 2. The van der Waals surface area contributed by atoms with E-state index in [1.807, 2.05) is 6.92 Å². The molecule has 1 unspecified atom stereocenters. The standard InChI is InChI=1S/C14H20BrFN2O2/c1-10(12-4-3-11(16)9-13(12)15)17-6-5-14(19)18-7-8-20-2/h3-4,9-10,17H,5-8H2,1-2H3,(H,18,19). The fourth-order valence-corrected chi connectivity index (χ4v) is 2.44. The molecule has 0 aromatic heterocycles. The molecule has 20 heavy (non-hydrogen) atoms. The predicted octanol–water partition coefficient (Wildman–Crippen LogP) is 2.39. The fourth-order valence-electron chi connectivity index (χ4n) is 1.75. The largest absolute Gasteiger partial charge is 0.383 e. The van der Waals surface area contributed by atoms with E-state index in [-0.39, 0.29) is 17.8 Å². The molecule has 1 rings (SSSR count). The van der Waals surface area contributed by atoms with Crippen molar-refractivity contribution >= 4 is 21.8 Å². The molecule has 0 saturated heterocycles. The normalized spacial score (nSPS) is 12.2. The second-order valence-corrected chi connectivity index (χ2v) is 5.29. The van der Waals surface area contributed by atoms with Crippen molar-refractivity contribution in [2.75, 3.05) is 26.8 Å². The average Bonchev–Trinajstić information content (AvgIpc) is 2.38. The molecule has 0 spiro atoms. The Labute approximate surface area is 127 Å². The molecule has 1 aromatic carbocycles. The quantitative estimate of drug-likeness (QED) is 0.710. The lowest BCUT2D eigenvalue weighted by Crippen LogP contribution is -2.30. The maximum atomic E-state index is 13.0. The number of rotatable bonds is 8. The average molecular weight is 347 g/mol. The Kier molecular flexibility index (Phi) is 7.72. The van der Waals surface area contributed by atoms with Crippen LogP contribution < -0.4 is 10.6 Å². The van der Waals surface area contributed by atoms with Gasteiger partial charge < -0.3 is 15.4 Å². The summed E-state index contributed by atoms with van der Waals surface area (Å²) >= 11 is 3.34. The van der Waals surface area contributed by atoms with Crippen molar-refractivity contribution in [2.24, 2.45) is 0 Å². The highest BCUT2D eigenvalue weighted by molar-refractivity contribution is 9.10. The zero-order valence-electron chi connectivity index (χ0n) is 11.7. The van der Waals surface area contributed by atoms with Crippen molar-refractivity contribution in [3.8, 4) is 0 Å². The summed E-state index contributed by atoms with van der Waals surface area (Å²) in [5.74, 6) is -0.287. The predicted molar refractivity (Wildman–Crippen MR) is 80.0 cm³/mol. The zero-order valence-corrected chi connectivity index (χ0v) is 13.3. The van der Waals surface area contributed by atoms with Crippen LogP contribution in [-0.4, -0.2) is 32.7 Å². The van der Waals surface area contributed by atoms with Crippen LogP contribution in [0.1, 0.15) is 24.9 Å². The molecular weight excluding hydrogens is 327 g/mol. The van der Waals surface area contributed by atoms with Crippen LogP contribution in [0.5, 0.6) is 0 Å². The van der Waals surface area contributed by atoms with E-state index in [4.69, 9.17) is 4.74 Å². The van der Waals surface area contributed by atoms with Crippen LogP contribution in [-0.2, 0) is 9.53 Å². The van der Waals surface area contributed by atoms with Gasteiger partial charge in [0.15, 0.2) is 0 Å². The van der Waals surface area contributed by atoms with E-state index in [2.05, 4.69) is 26.6 Å². The number of amides is 1. The lowest BCUT2D eigenvalue weighted by molar-refractivity contribution is -0.121. The van der Waals surface area contributed by atoms with E-state index >= 15 is 0 Å². The third kappa shape index (κ3) is 5.98. The number of carbonyl (C=O) groups is 1. The van der Waals surface area contributed by atoms with E-state index in [1.54, 1.807) is 13.2 Å². The van der Waals surface area contributed by atoms with Crippen molar-refractivity contribution in [2.45, 2.75) is 19.4 Å². The lowest BCUT2D eigenvalue weighted by Gasteiger charge is -2.15. The van der Waals surface area contributed by atoms with Gasteiger partial charge in [-0.25, -0.2) is 4.39 Å². The van der Waals surface area contributed by atoms with Crippen molar-refractivity contribution in [3.05, 3.63) is 34.1 Å². The summed E-state index contributed by atoms with van der Waals surface area (Å²) in [5.41, 5.74) is 0.964. The number of benzene rings is 1. The Balaban J connectivity index is 2.32. The van der Waals surface area contributed by atoms with E-state index in [1.165, 1.54) is 12.1 Å². The molecule has 0 aliphatic carbocycles. The van der Waals surface area contributed by atoms with E-state index < -0.39 is 0 Å². The van der Waals surface area contributed by atoms with Gasteiger partial charge in [-0.05, 0) is 24.6 Å². The number of methoxy groups -OCH3 is 1. The first kappa shape index (κ1) is 17.1. The minimum atomic E-state index is -0.273. The summed E-state index contributed by atoms with van der Waals surface area (Å²) in [6.07, 6.45) is 0.396. The molecule has 0 bridgehead atoms. The third-order valence-electron chi connectivity index (χ3n) is 2.86. The second kappa shape index (κ2) is 9.05. The Morgan fingerprint density at radius 3 is 2.85 bits per heavy atom. The molecule has 1 atom stereocenters. The molecular formula is C14H20BrFN2O2. The van der Waals surface area contributed by atoms with Gasteiger partial charge in [0.2, 0.25) is 5.91 Å². The highest BCUT2D eigenvalue weighted by Gasteiger charge is 2.10. The monoisotopic (exact) mass is 346 g/mol. The highest BCUT2D eigenvalue weighted by Crippen LogP contribution is 2.23. The van der Waals surface area contributed by atoms with Gasteiger partial charge in [-0.2, -0.15) is 0 Å². The maximum absolute atomic E-state index is 13.0. The molecule has 0 saturated carbocycles. The first-order valence-electron chi connectivity index (χ1n) is 6.48. The first-order valence-corrected chi connectivity index (χ1v) is 7.28. The lowest BCUT2D eigenvalue weighted by atomic mass is 10.1. The van der Waals surface area contributed by atoms with Crippen LogP contribution in [0.25, 0.3) is 0 Å². The summed E-state index contributed by atoms with van der Waals surface area (Å²) in [6.45, 7) is 3.57. The number of hydrogen-bond acceptors (Lipinski definition) is 3. The minimum absolute atomic E-state index is 0.0140. The Morgan fingerprint density at radius 1 is 1.45 bits per heavy atom. The molecule has 1 amide bonds. The van der Waals surface area contributed by atoms with Gasteiger partial charge in [-0.3, -0.25) is 4.79 Å². The van der Waals surface area contributed by atoms with Crippen LogP contribution >= 0.6 is 15.9 Å². The molecule has 1 aromatic rings. The van der Waals surface area contributed by atoms with E-state index in [0.717, 1.165) is 10.0 Å². The van der Waals surface area contributed by atoms with Crippen LogP contribution in [0.2, 0.25) is 0 Å². The SMILES string of the molecule is COCCNC(=O)CCNC(C)c1ccc(F)cc1Br. The number of carbonyl (C=O) groups excluding carboxylic acids is 1. The highest BCUT2D eigenvalue weighted by atomic mass is 79.9. The van der Waals surface area contributed by atoms with Gasteiger partial charge in [0.25, 0.3) is 0 Å². The van der Waals surface area contributed by atoms with Crippen LogP contribution in [0.4, 0.5) is 4.39 Å². The Morgan fingerprint density at radius 2 is 2.20 bits per heavy atom. The topological polar surface area (TPSA) is 50.4 Å². The van der Waals surface area contributed by atoms with Gasteiger partial charge in [0.05, 0.1) is 6.61 Å². The van der Waals surface area contributed by atoms with Crippen LogP contribution in [0, 0.1) is 5.82 Å². The van der Waals surface area contributed by atoms with Gasteiger partial charge in [-0.1, -0.05) is 22.0 Å². The molecule has 0 heterocycles. The molecule has 0 radical (unpaired) electrons. The second-order valence-electron chi connectivity index (χ2n) is 4.43. The molecule has 4 nitrogen and oxygen atoms in total. The molecule has 0 aliphatic heterocycles. The Bertz CT molecular complexity index is 443. The number of nitrogens with one attached hydrogen (secondary N) is 2. The van der Waals surface area contributed by atoms with Crippen molar-refractivity contribution < 1.29 is 13.9 Å². The summed E-state index contributed by atoms with van der Waals surface area (Å²) in [4.78, 5) is 11.5. The minimum Gasteiger partial charge on any atom is -0.383 e. The van der Waals surface area contributed by atoms with Crippen LogP contribution in [0.3, 0.4) is 0 Å². The summed E-state index contributed by atoms with van der Waals surface area (Å²) in [5, 5.41) is 5.99. The van der Waals surface area contributed by atoms with E-state index in [0.29, 0.717) is 26.1 Å². The fraction of sp³-hybridized carbons (Fsp3) is 0.500. The van der Waals surface area contributed by atoms with Gasteiger partial charge in [-0.15, -0.1) is 0 Å². The Hall–Kier alpha value is -0.980.